The van der Waals surface area contributed by atoms with Crippen LogP contribution < -0.4 is 10.6 Å². The zero-order valence-corrected chi connectivity index (χ0v) is 15.4. The van der Waals surface area contributed by atoms with E-state index in [4.69, 9.17) is 21.1 Å². The van der Waals surface area contributed by atoms with E-state index in [1.165, 1.54) is 7.11 Å². The molecule has 0 unspecified atom stereocenters. The number of carbonyl (C=O) groups excluding carboxylic acids is 2. The highest BCUT2D eigenvalue weighted by atomic mass is 35.5. The lowest BCUT2D eigenvalue weighted by atomic mass is 9.44. The standard InChI is InChI=1S/C16H21ClN4O4/c1-14(2,3)25-13(23)19-16-6-15(7-16,8-16)18-9-5-10(17)20-21-11(9)12(22)24-4/h5H,6-8H2,1-4H3,(H,18,20)(H,19,23). The van der Waals surface area contributed by atoms with Crippen molar-refractivity contribution in [1.29, 1.82) is 0 Å². The molecule has 1 heterocycles. The lowest BCUT2D eigenvalue weighted by Crippen LogP contribution is -2.81. The predicted octanol–water partition coefficient (Wildman–Crippen LogP) is 2.53. The first-order valence-electron chi connectivity index (χ1n) is 7.96. The Balaban J connectivity index is 1.63. The average Bonchev–Trinajstić information content (AvgIpc) is 2.41. The summed E-state index contributed by atoms with van der Waals surface area (Å²) in [5.41, 5.74) is -0.392. The molecule has 4 rings (SSSR count). The summed E-state index contributed by atoms with van der Waals surface area (Å²) in [6.07, 6.45) is 1.80. The summed E-state index contributed by atoms with van der Waals surface area (Å²) < 4.78 is 10.0. The number of ether oxygens (including phenoxy) is 2. The molecule has 0 atom stereocenters. The van der Waals surface area contributed by atoms with Gasteiger partial charge in [-0.05, 0) is 40.0 Å². The van der Waals surface area contributed by atoms with Crippen molar-refractivity contribution >= 4 is 29.4 Å². The molecule has 2 bridgehead atoms. The zero-order chi connectivity index (χ0) is 18.5. The largest absolute Gasteiger partial charge is 0.464 e. The highest BCUT2D eigenvalue weighted by molar-refractivity contribution is 6.29. The summed E-state index contributed by atoms with van der Waals surface area (Å²) in [5, 5.41) is 13.9. The summed E-state index contributed by atoms with van der Waals surface area (Å²) in [5.74, 6) is -0.583. The van der Waals surface area contributed by atoms with Crippen LogP contribution in [-0.4, -0.2) is 46.0 Å². The highest BCUT2D eigenvalue weighted by Gasteiger charge is 2.69. The quantitative estimate of drug-likeness (QED) is 0.787. The molecule has 1 aromatic rings. The highest BCUT2D eigenvalue weighted by Crippen LogP contribution is 2.62. The molecule has 3 aliphatic carbocycles. The molecule has 25 heavy (non-hydrogen) atoms. The van der Waals surface area contributed by atoms with Crippen molar-refractivity contribution in [2.75, 3.05) is 12.4 Å². The van der Waals surface area contributed by atoms with Crippen molar-refractivity contribution in [2.24, 2.45) is 0 Å². The number of methoxy groups -OCH3 is 1. The van der Waals surface area contributed by atoms with Crippen molar-refractivity contribution in [3.63, 3.8) is 0 Å². The first-order chi connectivity index (χ1) is 11.6. The number of carbonyl (C=O) groups is 2. The zero-order valence-electron chi connectivity index (χ0n) is 14.6. The van der Waals surface area contributed by atoms with Gasteiger partial charge in [-0.25, -0.2) is 9.59 Å². The van der Waals surface area contributed by atoms with Gasteiger partial charge in [0.15, 0.2) is 10.8 Å². The first-order valence-corrected chi connectivity index (χ1v) is 8.34. The Kier molecular flexibility index (Phi) is 4.06. The van der Waals surface area contributed by atoms with Crippen LogP contribution in [0.1, 0.15) is 50.5 Å². The summed E-state index contributed by atoms with van der Waals surface area (Å²) in [7, 11) is 1.28. The van der Waals surface area contributed by atoms with Crippen LogP contribution in [0.3, 0.4) is 0 Å². The number of anilines is 1. The number of alkyl carbamates (subject to hydrolysis) is 1. The van der Waals surface area contributed by atoms with Gasteiger partial charge in [-0.1, -0.05) is 11.6 Å². The lowest BCUT2D eigenvalue weighted by Gasteiger charge is -2.70. The number of hydrogen-bond acceptors (Lipinski definition) is 7. The minimum atomic E-state index is -0.583. The van der Waals surface area contributed by atoms with Gasteiger partial charge >= 0.3 is 12.1 Å². The molecule has 136 valence electrons. The van der Waals surface area contributed by atoms with E-state index < -0.39 is 17.7 Å². The maximum absolute atomic E-state index is 11.9. The Hall–Kier alpha value is -2.09. The third-order valence-corrected chi connectivity index (χ3v) is 4.52. The number of halogens is 1. The van der Waals surface area contributed by atoms with Crippen LogP contribution in [0.25, 0.3) is 0 Å². The van der Waals surface area contributed by atoms with Crippen LogP contribution in [0.2, 0.25) is 5.15 Å². The topological polar surface area (TPSA) is 102 Å². The van der Waals surface area contributed by atoms with Gasteiger partial charge in [0, 0.05) is 11.6 Å². The van der Waals surface area contributed by atoms with E-state index in [9.17, 15) is 9.59 Å². The van der Waals surface area contributed by atoms with E-state index in [0.29, 0.717) is 5.69 Å². The predicted molar refractivity (Wildman–Crippen MR) is 90.7 cm³/mol. The van der Waals surface area contributed by atoms with Crippen LogP contribution in [0.4, 0.5) is 10.5 Å². The average molecular weight is 369 g/mol. The fraction of sp³-hybridized carbons (Fsp3) is 0.625. The fourth-order valence-corrected chi connectivity index (χ4v) is 3.72. The van der Waals surface area contributed by atoms with E-state index in [1.807, 2.05) is 20.8 Å². The number of aromatic nitrogens is 2. The SMILES string of the molecule is COC(=O)c1nnc(Cl)cc1NC12CC(NC(=O)OC(C)(C)C)(C1)C2. The third-order valence-electron chi connectivity index (χ3n) is 4.34. The van der Waals surface area contributed by atoms with Crippen molar-refractivity contribution < 1.29 is 19.1 Å². The minimum absolute atomic E-state index is 0.0887. The molecule has 0 aliphatic heterocycles. The van der Waals surface area contributed by atoms with E-state index >= 15 is 0 Å². The van der Waals surface area contributed by atoms with Gasteiger partial charge in [-0.3, -0.25) is 0 Å². The fourth-order valence-electron chi connectivity index (χ4n) is 3.57. The monoisotopic (exact) mass is 368 g/mol. The molecule has 9 heteroatoms. The van der Waals surface area contributed by atoms with E-state index in [2.05, 4.69) is 20.8 Å². The van der Waals surface area contributed by atoms with Gasteiger partial charge in [0.25, 0.3) is 0 Å². The molecule has 1 aromatic heterocycles. The molecule has 8 nitrogen and oxygen atoms in total. The van der Waals surface area contributed by atoms with E-state index in [-0.39, 0.29) is 21.9 Å². The van der Waals surface area contributed by atoms with Gasteiger partial charge < -0.3 is 20.1 Å². The van der Waals surface area contributed by atoms with Crippen LogP contribution in [0.5, 0.6) is 0 Å². The maximum Gasteiger partial charge on any atom is 0.408 e. The number of hydrogen-bond donors (Lipinski definition) is 2. The van der Waals surface area contributed by atoms with Gasteiger partial charge in [-0.15, -0.1) is 10.2 Å². The van der Waals surface area contributed by atoms with Gasteiger partial charge in [-0.2, -0.15) is 0 Å². The molecular formula is C16H21ClN4O4. The summed E-state index contributed by atoms with van der Waals surface area (Å²) in [6, 6.07) is 1.55. The molecule has 0 radical (unpaired) electrons. The van der Waals surface area contributed by atoms with Crippen molar-refractivity contribution in [3.05, 3.63) is 16.9 Å². The molecule has 3 aliphatic rings. The Labute approximate surface area is 150 Å². The van der Waals surface area contributed by atoms with Gasteiger partial charge in [0.05, 0.1) is 18.3 Å². The second-order valence-corrected chi connectivity index (χ2v) is 8.15. The molecule has 2 N–H and O–H groups in total. The molecule has 0 aromatic carbocycles. The molecule has 3 fully saturated rings. The Morgan fingerprint density at radius 3 is 2.40 bits per heavy atom. The number of nitrogens with one attached hydrogen (secondary N) is 2. The summed E-state index contributed by atoms with van der Waals surface area (Å²) >= 11 is 5.89. The Morgan fingerprint density at radius 1 is 1.20 bits per heavy atom. The lowest BCUT2D eigenvalue weighted by molar-refractivity contribution is -0.0658. The molecule has 3 saturated carbocycles. The Morgan fingerprint density at radius 2 is 1.84 bits per heavy atom. The number of nitrogens with zero attached hydrogens (tertiary/aromatic N) is 2. The molecular weight excluding hydrogens is 348 g/mol. The number of amides is 1. The Bertz CT molecular complexity index is 712. The van der Waals surface area contributed by atoms with E-state index in [1.54, 1.807) is 6.07 Å². The smallest absolute Gasteiger partial charge is 0.408 e. The van der Waals surface area contributed by atoms with Crippen LogP contribution in [0.15, 0.2) is 6.07 Å². The second-order valence-electron chi connectivity index (χ2n) is 7.76. The van der Waals surface area contributed by atoms with Crippen LogP contribution >= 0.6 is 11.6 Å². The molecule has 1 amide bonds. The number of rotatable bonds is 4. The summed E-state index contributed by atoms with van der Waals surface area (Å²) in [4.78, 5) is 23.7. The van der Waals surface area contributed by atoms with Crippen molar-refractivity contribution in [2.45, 2.75) is 56.7 Å². The molecule has 0 saturated heterocycles. The van der Waals surface area contributed by atoms with Crippen molar-refractivity contribution in [1.82, 2.24) is 15.5 Å². The van der Waals surface area contributed by atoms with E-state index in [0.717, 1.165) is 19.3 Å². The second kappa shape index (κ2) is 5.72. The van der Waals surface area contributed by atoms with Crippen molar-refractivity contribution in [3.8, 4) is 0 Å². The van der Waals surface area contributed by atoms with Crippen LogP contribution in [-0.2, 0) is 9.47 Å². The molecule has 0 spiro atoms. The summed E-state index contributed by atoms with van der Waals surface area (Å²) in [6.45, 7) is 5.48. The minimum Gasteiger partial charge on any atom is -0.464 e. The maximum atomic E-state index is 11.9. The van der Waals surface area contributed by atoms with Crippen LogP contribution in [0, 0.1) is 0 Å². The van der Waals surface area contributed by atoms with Gasteiger partial charge in [0.1, 0.15) is 5.60 Å². The third kappa shape index (κ3) is 3.49. The normalized spacial score (nSPS) is 26.8. The van der Waals surface area contributed by atoms with Gasteiger partial charge in [0.2, 0.25) is 0 Å². The number of esters is 1. The first kappa shape index (κ1) is 17.7.